The van der Waals surface area contributed by atoms with Crippen LogP contribution in [0.4, 0.5) is 4.39 Å². The Bertz CT molecular complexity index is 912. The monoisotopic (exact) mass is 375 g/mol. The number of nitrogens with one attached hydrogen (secondary N) is 1. The lowest BCUT2D eigenvalue weighted by atomic mass is 10.1. The molecule has 0 bridgehead atoms. The summed E-state index contributed by atoms with van der Waals surface area (Å²) in [5.41, 5.74) is 1.76. The van der Waals surface area contributed by atoms with Gasteiger partial charge in [-0.15, -0.1) is 11.3 Å². The van der Waals surface area contributed by atoms with Gasteiger partial charge in [-0.2, -0.15) is 5.10 Å². The van der Waals surface area contributed by atoms with Gasteiger partial charge in [0.15, 0.2) is 6.61 Å². The number of aryl methyl sites for hydroxylation is 2. The molecule has 2 heterocycles. The van der Waals surface area contributed by atoms with Crippen LogP contribution in [0.25, 0.3) is 10.2 Å². The number of carbonyl (C=O) groups excluding carboxylic acids is 2. The second kappa shape index (κ2) is 7.65. The minimum Gasteiger partial charge on any atom is -0.451 e. The summed E-state index contributed by atoms with van der Waals surface area (Å²) < 4.78 is 19.6. The molecule has 0 unspecified atom stereocenters. The van der Waals surface area contributed by atoms with E-state index in [2.05, 4.69) is 10.4 Å². The van der Waals surface area contributed by atoms with Crippen LogP contribution in [0.5, 0.6) is 0 Å². The number of carbonyl (C=O) groups is 2. The molecule has 1 aromatic carbocycles. The van der Waals surface area contributed by atoms with Crippen molar-refractivity contribution >= 4 is 33.4 Å². The summed E-state index contributed by atoms with van der Waals surface area (Å²) >= 11 is 1.28. The van der Waals surface area contributed by atoms with Gasteiger partial charge in [0.1, 0.15) is 15.5 Å². The van der Waals surface area contributed by atoms with Crippen LogP contribution in [0.15, 0.2) is 30.3 Å². The van der Waals surface area contributed by atoms with E-state index >= 15 is 0 Å². The number of amides is 1. The molecule has 136 valence electrons. The molecule has 2 aromatic heterocycles. The number of hydrogen-bond donors (Lipinski definition) is 1. The largest absolute Gasteiger partial charge is 0.451 e. The van der Waals surface area contributed by atoms with Crippen molar-refractivity contribution < 1.29 is 18.7 Å². The van der Waals surface area contributed by atoms with Crippen LogP contribution in [0.3, 0.4) is 0 Å². The molecule has 26 heavy (non-hydrogen) atoms. The van der Waals surface area contributed by atoms with E-state index in [0.29, 0.717) is 17.8 Å². The molecule has 0 spiro atoms. The van der Waals surface area contributed by atoms with Crippen molar-refractivity contribution in [3.63, 3.8) is 0 Å². The first-order valence-electron chi connectivity index (χ1n) is 8.05. The first-order chi connectivity index (χ1) is 12.4. The Morgan fingerprint density at radius 1 is 1.31 bits per heavy atom. The molecule has 0 atom stereocenters. The molecule has 1 amide bonds. The highest BCUT2D eigenvalue weighted by Crippen LogP contribution is 2.27. The molecular weight excluding hydrogens is 357 g/mol. The molecule has 0 aliphatic carbocycles. The van der Waals surface area contributed by atoms with Crippen molar-refractivity contribution in [1.82, 2.24) is 15.1 Å². The van der Waals surface area contributed by atoms with Gasteiger partial charge in [-0.1, -0.05) is 12.1 Å². The zero-order valence-electron chi connectivity index (χ0n) is 14.4. The van der Waals surface area contributed by atoms with E-state index in [4.69, 9.17) is 4.74 Å². The predicted molar refractivity (Wildman–Crippen MR) is 96.7 cm³/mol. The van der Waals surface area contributed by atoms with Gasteiger partial charge >= 0.3 is 5.97 Å². The summed E-state index contributed by atoms with van der Waals surface area (Å²) in [7, 11) is 1.81. The Hall–Kier alpha value is -2.74. The number of benzene rings is 1. The number of nitrogens with zero attached hydrogens (tertiary/aromatic N) is 2. The molecule has 0 radical (unpaired) electrons. The zero-order valence-corrected chi connectivity index (χ0v) is 15.2. The number of rotatable bonds is 6. The molecule has 3 aromatic rings. The second-order valence-electron chi connectivity index (χ2n) is 5.84. The Kier molecular flexibility index (Phi) is 5.32. The van der Waals surface area contributed by atoms with Crippen molar-refractivity contribution in [1.29, 1.82) is 0 Å². The summed E-state index contributed by atoms with van der Waals surface area (Å²) in [6, 6.07) is 7.82. The van der Waals surface area contributed by atoms with E-state index in [1.807, 2.05) is 14.0 Å². The number of esters is 1. The van der Waals surface area contributed by atoms with Crippen LogP contribution >= 0.6 is 11.3 Å². The molecule has 0 aliphatic rings. The van der Waals surface area contributed by atoms with Crippen LogP contribution in [0.1, 0.15) is 20.9 Å². The summed E-state index contributed by atoms with van der Waals surface area (Å²) in [6.45, 7) is 1.92. The van der Waals surface area contributed by atoms with E-state index < -0.39 is 5.97 Å². The van der Waals surface area contributed by atoms with Crippen molar-refractivity contribution in [2.45, 2.75) is 13.3 Å². The molecule has 8 heteroatoms. The fourth-order valence-electron chi connectivity index (χ4n) is 2.56. The zero-order chi connectivity index (χ0) is 18.7. The third-order valence-electron chi connectivity index (χ3n) is 3.88. The second-order valence-corrected chi connectivity index (χ2v) is 6.87. The topological polar surface area (TPSA) is 73.2 Å². The average Bonchev–Trinajstić information content (AvgIpc) is 3.16. The molecular formula is C18H18FN3O3S. The highest BCUT2D eigenvalue weighted by atomic mass is 32.1. The molecule has 0 saturated carbocycles. The van der Waals surface area contributed by atoms with Crippen LogP contribution in [-0.2, 0) is 23.0 Å². The van der Waals surface area contributed by atoms with Gasteiger partial charge in [-0.05, 0) is 37.1 Å². The molecule has 1 N–H and O–H groups in total. The standard InChI is InChI=1S/C18H18FN3O3S/c1-11-14-9-15(26-17(14)22(2)21-11)18(24)25-10-16(23)20-8-7-12-3-5-13(19)6-4-12/h3-6,9H,7-8,10H2,1-2H3,(H,20,23). The number of halogens is 1. The lowest BCUT2D eigenvalue weighted by Gasteiger charge is -2.06. The Labute approximate surface area is 153 Å². The molecule has 0 saturated heterocycles. The van der Waals surface area contributed by atoms with Gasteiger partial charge in [0.25, 0.3) is 5.91 Å². The van der Waals surface area contributed by atoms with Gasteiger partial charge in [-0.25, -0.2) is 9.18 Å². The fourth-order valence-corrected chi connectivity index (χ4v) is 3.57. The van der Waals surface area contributed by atoms with E-state index in [0.717, 1.165) is 21.5 Å². The van der Waals surface area contributed by atoms with Crippen LogP contribution in [-0.4, -0.2) is 34.8 Å². The average molecular weight is 375 g/mol. The summed E-state index contributed by atoms with van der Waals surface area (Å²) in [6.07, 6.45) is 0.572. The van der Waals surface area contributed by atoms with Crippen LogP contribution < -0.4 is 5.32 Å². The number of aromatic nitrogens is 2. The maximum absolute atomic E-state index is 12.8. The van der Waals surface area contributed by atoms with E-state index in [1.165, 1.54) is 23.5 Å². The number of fused-ring (bicyclic) bond motifs is 1. The maximum atomic E-state index is 12.8. The third-order valence-corrected chi connectivity index (χ3v) is 5.06. The Morgan fingerprint density at radius 3 is 2.73 bits per heavy atom. The molecule has 6 nitrogen and oxygen atoms in total. The van der Waals surface area contributed by atoms with Crippen molar-refractivity contribution in [3.8, 4) is 0 Å². The summed E-state index contributed by atoms with van der Waals surface area (Å²) in [4.78, 5) is 25.2. The first kappa shape index (κ1) is 18.1. The predicted octanol–water partition coefficient (Wildman–Crippen LogP) is 2.60. The van der Waals surface area contributed by atoms with Gasteiger partial charge in [0.2, 0.25) is 0 Å². The van der Waals surface area contributed by atoms with E-state index in [-0.39, 0.29) is 18.3 Å². The Morgan fingerprint density at radius 2 is 2.04 bits per heavy atom. The van der Waals surface area contributed by atoms with Gasteiger partial charge < -0.3 is 10.1 Å². The highest BCUT2D eigenvalue weighted by Gasteiger charge is 2.17. The smallest absolute Gasteiger partial charge is 0.348 e. The van der Waals surface area contributed by atoms with Crippen LogP contribution in [0.2, 0.25) is 0 Å². The maximum Gasteiger partial charge on any atom is 0.348 e. The number of thiophene rings is 1. The minimum atomic E-state index is -0.528. The number of ether oxygens (including phenoxy) is 1. The highest BCUT2D eigenvalue weighted by molar-refractivity contribution is 7.20. The van der Waals surface area contributed by atoms with Gasteiger partial charge in [-0.3, -0.25) is 9.48 Å². The van der Waals surface area contributed by atoms with Crippen molar-refractivity contribution in [2.24, 2.45) is 7.05 Å². The summed E-state index contributed by atoms with van der Waals surface area (Å²) in [5, 5.41) is 7.86. The first-order valence-corrected chi connectivity index (χ1v) is 8.87. The van der Waals surface area contributed by atoms with E-state index in [1.54, 1.807) is 22.9 Å². The molecule has 3 rings (SSSR count). The fraction of sp³-hybridized carbons (Fsp3) is 0.278. The van der Waals surface area contributed by atoms with Gasteiger partial charge in [0.05, 0.1) is 5.69 Å². The third kappa shape index (κ3) is 4.08. The summed E-state index contributed by atoms with van der Waals surface area (Å²) in [5.74, 6) is -1.20. The van der Waals surface area contributed by atoms with Crippen LogP contribution in [0, 0.1) is 12.7 Å². The SMILES string of the molecule is Cc1nn(C)c2sc(C(=O)OCC(=O)NCCc3ccc(F)cc3)cc12. The lowest BCUT2D eigenvalue weighted by molar-refractivity contribution is -0.124. The lowest BCUT2D eigenvalue weighted by Crippen LogP contribution is -2.30. The van der Waals surface area contributed by atoms with Gasteiger partial charge in [0, 0.05) is 19.0 Å². The number of hydrogen-bond acceptors (Lipinski definition) is 5. The quantitative estimate of drug-likeness (QED) is 0.672. The normalized spacial score (nSPS) is 10.9. The molecule has 0 fully saturated rings. The molecule has 0 aliphatic heterocycles. The Balaban J connectivity index is 1.46. The minimum absolute atomic E-state index is 0.295. The van der Waals surface area contributed by atoms with Crippen molar-refractivity contribution in [3.05, 3.63) is 52.3 Å². The van der Waals surface area contributed by atoms with E-state index in [9.17, 15) is 14.0 Å². The van der Waals surface area contributed by atoms with Crippen molar-refractivity contribution in [2.75, 3.05) is 13.2 Å².